The van der Waals surface area contributed by atoms with E-state index in [4.69, 9.17) is 0 Å². The molecule has 0 aromatic carbocycles. The lowest BCUT2D eigenvalue weighted by Crippen LogP contribution is -2.23. The molecule has 1 atom stereocenters. The maximum atomic E-state index is 11.9. The lowest BCUT2D eigenvalue weighted by Gasteiger charge is -2.16. The van der Waals surface area contributed by atoms with Crippen LogP contribution in [-0.4, -0.2) is 5.92 Å². The predicted molar refractivity (Wildman–Crippen MR) is 25.2 cm³/mol. The molecule has 0 amide bonds. The Morgan fingerprint density at radius 2 is 1.67 bits per heavy atom. The van der Waals surface area contributed by atoms with Crippen LogP contribution in [0.1, 0.15) is 13.8 Å². The van der Waals surface area contributed by atoms with Crippen molar-refractivity contribution in [1.82, 2.24) is 0 Å². The van der Waals surface area contributed by atoms with Crippen molar-refractivity contribution in [2.24, 2.45) is 5.92 Å². The van der Waals surface area contributed by atoms with Gasteiger partial charge >= 0.3 is 6.43 Å². The monoisotopic (exact) mass is 143 g/mol. The first kappa shape index (κ1) is 8.72. The molecule has 0 heterocycles. The summed E-state index contributed by atoms with van der Waals surface area (Å²) < 4.78 is 46.5. The first-order valence-electron chi connectivity index (χ1n) is 2.41. The highest BCUT2D eigenvalue weighted by molar-refractivity contribution is 4.79. The highest BCUT2D eigenvalue weighted by Crippen LogP contribution is 2.32. The molecule has 0 spiro atoms. The van der Waals surface area contributed by atoms with E-state index in [-0.39, 0.29) is 0 Å². The number of hydrogen-bond acceptors (Lipinski definition) is 0. The largest absolute Gasteiger partial charge is 0.318 e. The van der Waals surface area contributed by atoms with Crippen molar-refractivity contribution < 1.29 is 17.6 Å². The fourth-order valence-corrected chi connectivity index (χ4v) is 0.192. The van der Waals surface area contributed by atoms with E-state index in [1.165, 1.54) is 0 Å². The minimum absolute atomic E-state index is 0.469. The fourth-order valence-electron chi connectivity index (χ4n) is 0.192. The summed E-state index contributed by atoms with van der Waals surface area (Å²) in [5.74, 6) is -5.24. The quantitative estimate of drug-likeness (QED) is 0.521. The van der Waals surface area contributed by atoms with Gasteiger partial charge in [0.1, 0.15) is 0 Å². The van der Waals surface area contributed by atoms with Crippen LogP contribution in [0.5, 0.6) is 0 Å². The average molecular weight is 143 g/mol. The Kier molecular flexibility index (Phi) is 2.46. The van der Waals surface area contributed by atoms with E-state index in [0.29, 0.717) is 6.92 Å². The van der Waals surface area contributed by atoms with Gasteiger partial charge in [-0.25, -0.2) is 8.78 Å². The molecule has 0 aliphatic carbocycles. The molecule has 0 fully saturated rings. The summed E-state index contributed by atoms with van der Waals surface area (Å²) in [6, 6.07) is 0. The standard InChI is InChI=1S/C5H7F4/c1-3(4(6)7)5(2,8)9/h3H,1-2H3. The van der Waals surface area contributed by atoms with Gasteiger partial charge in [-0.1, -0.05) is 6.92 Å². The van der Waals surface area contributed by atoms with Crippen LogP contribution >= 0.6 is 0 Å². The lowest BCUT2D eigenvalue weighted by molar-refractivity contribution is -0.0553. The van der Waals surface area contributed by atoms with Crippen LogP contribution in [0.15, 0.2) is 0 Å². The molecule has 0 rings (SSSR count). The second-order valence-electron chi connectivity index (χ2n) is 1.97. The second-order valence-corrected chi connectivity index (χ2v) is 1.97. The molecule has 0 nitrogen and oxygen atoms in total. The Bertz CT molecular complexity index is 83.4. The van der Waals surface area contributed by atoms with E-state index in [0.717, 1.165) is 6.92 Å². The van der Waals surface area contributed by atoms with Crippen molar-refractivity contribution in [2.75, 3.05) is 0 Å². The summed E-state index contributed by atoms with van der Waals surface area (Å²) in [6.07, 6.45) is -2.22. The number of hydrogen-bond donors (Lipinski definition) is 0. The van der Waals surface area contributed by atoms with Crippen molar-refractivity contribution >= 4 is 0 Å². The summed E-state index contributed by atoms with van der Waals surface area (Å²) in [5, 5.41) is 0. The van der Waals surface area contributed by atoms with E-state index in [1.54, 1.807) is 0 Å². The SMILES string of the molecule is CC([C](F)F)C(C)(F)F. The molecule has 9 heavy (non-hydrogen) atoms. The summed E-state index contributed by atoms with van der Waals surface area (Å²) in [5.41, 5.74) is 0. The molecule has 0 aliphatic heterocycles. The van der Waals surface area contributed by atoms with Crippen molar-refractivity contribution in [3.63, 3.8) is 0 Å². The summed E-state index contributed by atoms with van der Waals surface area (Å²) in [4.78, 5) is 0. The van der Waals surface area contributed by atoms with Crippen LogP contribution in [-0.2, 0) is 0 Å². The minimum atomic E-state index is -3.31. The third-order valence-corrected chi connectivity index (χ3v) is 1.09. The zero-order valence-corrected chi connectivity index (χ0v) is 5.09. The normalized spacial score (nSPS) is 16.3. The maximum absolute atomic E-state index is 11.9. The van der Waals surface area contributed by atoms with Crippen LogP contribution in [0, 0.1) is 12.3 Å². The minimum Gasteiger partial charge on any atom is -0.207 e. The van der Waals surface area contributed by atoms with Gasteiger partial charge in [0.15, 0.2) is 0 Å². The van der Waals surface area contributed by atoms with Gasteiger partial charge in [0.2, 0.25) is 0 Å². The van der Waals surface area contributed by atoms with E-state index in [2.05, 4.69) is 0 Å². The highest BCUT2D eigenvalue weighted by atomic mass is 19.3. The highest BCUT2D eigenvalue weighted by Gasteiger charge is 2.38. The smallest absolute Gasteiger partial charge is 0.207 e. The Balaban J connectivity index is 3.88. The number of alkyl halides is 2. The number of rotatable bonds is 2. The van der Waals surface area contributed by atoms with Crippen molar-refractivity contribution in [3.05, 3.63) is 6.43 Å². The van der Waals surface area contributed by atoms with Crippen LogP contribution in [0.4, 0.5) is 17.6 Å². The van der Waals surface area contributed by atoms with Gasteiger partial charge < -0.3 is 0 Å². The van der Waals surface area contributed by atoms with E-state index in [1.807, 2.05) is 0 Å². The van der Waals surface area contributed by atoms with Gasteiger partial charge in [0.05, 0.1) is 5.92 Å². The third kappa shape index (κ3) is 2.67. The average Bonchev–Trinajstić information content (AvgIpc) is 1.62. The molecule has 1 unspecified atom stereocenters. The fraction of sp³-hybridized carbons (Fsp3) is 0.800. The molecule has 0 aliphatic rings. The third-order valence-electron chi connectivity index (χ3n) is 1.09. The summed E-state index contributed by atoms with van der Waals surface area (Å²) >= 11 is 0. The summed E-state index contributed by atoms with van der Waals surface area (Å²) in [6.45, 7) is 1.26. The van der Waals surface area contributed by atoms with E-state index >= 15 is 0 Å². The molecule has 4 heteroatoms. The molecule has 1 radical (unpaired) electrons. The Morgan fingerprint density at radius 3 is 1.67 bits per heavy atom. The van der Waals surface area contributed by atoms with E-state index < -0.39 is 18.3 Å². The maximum Gasteiger partial charge on any atom is 0.318 e. The molecule has 0 aromatic rings. The van der Waals surface area contributed by atoms with Crippen molar-refractivity contribution in [2.45, 2.75) is 19.8 Å². The number of halogens is 4. The zero-order valence-electron chi connectivity index (χ0n) is 5.09. The molecule has 0 N–H and O–H groups in total. The predicted octanol–water partition coefficient (Wildman–Crippen LogP) is 2.71. The van der Waals surface area contributed by atoms with Crippen LogP contribution in [0.2, 0.25) is 0 Å². The van der Waals surface area contributed by atoms with Gasteiger partial charge in [-0.15, -0.1) is 0 Å². The first-order chi connectivity index (χ1) is 3.85. The van der Waals surface area contributed by atoms with Crippen molar-refractivity contribution in [1.29, 1.82) is 0 Å². The van der Waals surface area contributed by atoms with Gasteiger partial charge in [0.25, 0.3) is 5.92 Å². The zero-order chi connectivity index (χ0) is 7.65. The molecule has 0 aromatic heterocycles. The van der Waals surface area contributed by atoms with Gasteiger partial charge in [-0.2, -0.15) is 8.78 Å². The molecular weight excluding hydrogens is 136 g/mol. The van der Waals surface area contributed by atoms with Crippen molar-refractivity contribution in [3.8, 4) is 0 Å². The van der Waals surface area contributed by atoms with Gasteiger partial charge in [-0.05, 0) is 6.92 Å². The van der Waals surface area contributed by atoms with Gasteiger partial charge in [-0.3, -0.25) is 0 Å². The van der Waals surface area contributed by atoms with E-state index in [9.17, 15) is 17.6 Å². The molecular formula is C5H7F4. The topological polar surface area (TPSA) is 0 Å². The first-order valence-corrected chi connectivity index (χ1v) is 2.41. The molecule has 55 valence electrons. The summed E-state index contributed by atoms with van der Waals surface area (Å²) in [7, 11) is 0. The Labute approximate surface area is 50.9 Å². The van der Waals surface area contributed by atoms with Gasteiger partial charge in [0, 0.05) is 0 Å². The van der Waals surface area contributed by atoms with Crippen LogP contribution in [0.25, 0.3) is 0 Å². The molecule has 0 saturated carbocycles. The molecule has 0 bridgehead atoms. The lowest BCUT2D eigenvalue weighted by atomic mass is 10.1. The van der Waals surface area contributed by atoms with Crippen LogP contribution < -0.4 is 0 Å². The second kappa shape index (κ2) is 2.54. The van der Waals surface area contributed by atoms with Crippen LogP contribution in [0.3, 0.4) is 0 Å². The molecule has 0 saturated heterocycles. The Morgan fingerprint density at radius 1 is 1.33 bits per heavy atom. The Hall–Kier alpha value is -0.280.